The lowest BCUT2D eigenvalue weighted by molar-refractivity contribution is -0.118. The number of nitrogens with one attached hydrogen (secondary N) is 1. The van der Waals surface area contributed by atoms with Gasteiger partial charge in [-0.25, -0.2) is 4.98 Å². The van der Waals surface area contributed by atoms with Crippen LogP contribution in [0, 0.1) is 6.92 Å². The molecule has 106 valence electrons. The predicted octanol–water partition coefficient (Wildman–Crippen LogP) is 2.10. The fourth-order valence-corrected chi connectivity index (χ4v) is 2.32. The molecule has 0 spiro atoms. The summed E-state index contributed by atoms with van der Waals surface area (Å²) in [7, 11) is 0. The molecule has 1 amide bonds. The molecule has 0 unspecified atom stereocenters. The number of nitrogens with zero attached hydrogens (tertiary/aromatic N) is 2. The van der Waals surface area contributed by atoms with Crippen molar-refractivity contribution in [1.29, 1.82) is 0 Å². The van der Waals surface area contributed by atoms with Crippen LogP contribution in [0.5, 0.6) is 5.75 Å². The van der Waals surface area contributed by atoms with Crippen LogP contribution in [0.1, 0.15) is 23.3 Å². The first kappa shape index (κ1) is 14.5. The van der Waals surface area contributed by atoms with Gasteiger partial charge in [-0.3, -0.25) is 9.78 Å². The molecular formula is C14H17N3O2S. The van der Waals surface area contributed by atoms with E-state index >= 15 is 0 Å². The molecule has 6 heteroatoms. The number of hydrogen-bond donors (Lipinski definition) is 1. The Morgan fingerprint density at radius 3 is 3.00 bits per heavy atom. The van der Waals surface area contributed by atoms with Gasteiger partial charge in [0.2, 0.25) is 5.91 Å². The Balaban J connectivity index is 1.80. The van der Waals surface area contributed by atoms with E-state index in [2.05, 4.69) is 15.3 Å². The molecule has 0 saturated heterocycles. The highest BCUT2D eigenvalue weighted by Gasteiger charge is 2.04. The summed E-state index contributed by atoms with van der Waals surface area (Å²) in [6.07, 6.45) is 2.45. The number of thiazole rings is 1. The van der Waals surface area contributed by atoms with E-state index in [0.29, 0.717) is 13.2 Å². The molecule has 0 fully saturated rings. The highest BCUT2D eigenvalue weighted by atomic mass is 32.1. The van der Waals surface area contributed by atoms with Crippen molar-refractivity contribution >= 4 is 17.2 Å². The maximum absolute atomic E-state index is 10.8. The topological polar surface area (TPSA) is 64.1 Å². The Morgan fingerprint density at radius 1 is 1.45 bits per heavy atom. The molecule has 0 bridgehead atoms. The summed E-state index contributed by atoms with van der Waals surface area (Å²) in [5, 5.41) is 5.67. The molecule has 2 aromatic rings. The Hall–Kier alpha value is -1.95. The summed E-state index contributed by atoms with van der Waals surface area (Å²) in [5.74, 6) is 0.723. The van der Waals surface area contributed by atoms with Gasteiger partial charge in [-0.1, -0.05) is 0 Å². The van der Waals surface area contributed by atoms with Gasteiger partial charge in [0.15, 0.2) is 0 Å². The molecule has 2 rings (SSSR count). The quantitative estimate of drug-likeness (QED) is 0.885. The van der Waals surface area contributed by atoms with Crippen LogP contribution in [0.2, 0.25) is 0 Å². The third-order valence-electron chi connectivity index (χ3n) is 2.60. The Labute approximate surface area is 122 Å². The second-order valence-electron chi connectivity index (χ2n) is 4.39. The van der Waals surface area contributed by atoms with E-state index in [-0.39, 0.29) is 5.91 Å². The molecule has 0 atom stereocenters. The van der Waals surface area contributed by atoms with Crippen LogP contribution >= 0.6 is 11.3 Å². The highest BCUT2D eigenvalue weighted by Crippen LogP contribution is 2.15. The lowest BCUT2D eigenvalue weighted by Crippen LogP contribution is -2.22. The van der Waals surface area contributed by atoms with Crippen LogP contribution in [0.4, 0.5) is 0 Å². The molecule has 0 aliphatic rings. The van der Waals surface area contributed by atoms with Gasteiger partial charge in [-0.15, -0.1) is 11.3 Å². The summed E-state index contributed by atoms with van der Waals surface area (Å²) >= 11 is 1.56. The van der Waals surface area contributed by atoms with Crippen LogP contribution in [0.25, 0.3) is 0 Å². The van der Waals surface area contributed by atoms with Crippen molar-refractivity contribution in [2.75, 3.05) is 6.54 Å². The van der Waals surface area contributed by atoms with E-state index in [1.54, 1.807) is 17.5 Å². The van der Waals surface area contributed by atoms with Crippen LogP contribution < -0.4 is 10.1 Å². The van der Waals surface area contributed by atoms with E-state index in [9.17, 15) is 4.79 Å². The van der Waals surface area contributed by atoms with Gasteiger partial charge in [-0.05, 0) is 19.1 Å². The van der Waals surface area contributed by atoms with Crippen molar-refractivity contribution < 1.29 is 9.53 Å². The monoisotopic (exact) mass is 291 g/mol. The third-order valence-corrected chi connectivity index (χ3v) is 3.47. The molecule has 2 heterocycles. The van der Waals surface area contributed by atoms with Crippen molar-refractivity contribution in [3.63, 3.8) is 0 Å². The first-order valence-corrected chi connectivity index (χ1v) is 7.24. The first-order chi connectivity index (χ1) is 9.63. The second kappa shape index (κ2) is 7.00. The van der Waals surface area contributed by atoms with Crippen molar-refractivity contribution in [3.05, 3.63) is 40.1 Å². The zero-order valence-electron chi connectivity index (χ0n) is 11.5. The zero-order chi connectivity index (χ0) is 14.4. The molecule has 0 aliphatic heterocycles. The molecule has 0 radical (unpaired) electrons. The van der Waals surface area contributed by atoms with Gasteiger partial charge >= 0.3 is 0 Å². The Kier molecular flexibility index (Phi) is 5.06. The Morgan fingerprint density at radius 2 is 2.30 bits per heavy atom. The number of ether oxygens (including phenoxy) is 1. The molecule has 0 aromatic carbocycles. The van der Waals surface area contributed by atoms with Gasteiger partial charge in [0, 0.05) is 31.0 Å². The van der Waals surface area contributed by atoms with Crippen LogP contribution in [-0.4, -0.2) is 22.4 Å². The summed E-state index contributed by atoms with van der Waals surface area (Å²) in [6, 6.07) is 3.81. The lowest BCUT2D eigenvalue weighted by atomic mass is 10.3. The number of amides is 1. The molecule has 5 nitrogen and oxygen atoms in total. The summed E-state index contributed by atoms with van der Waals surface area (Å²) in [4.78, 5) is 19.4. The average molecular weight is 291 g/mol. The average Bonchev–Trinajstić information content (AvgIpc) is 2.86. The summed E-state index contributed by atoms with van der Waals surface area (Å²) < 4.78 is 5.62. The van der Waals surface area contributed by atoms with Gasteiger partial charge < -0.3 is 10.1 Å². The van der Waals surface area contributed by atoms with Crippen molar-refractivity contribution in [2.45, 2.75) is 26.9 Å². The highest BCUT2D eigenvalue weighted by molar-refractivity contribution is 7.09. The summed E-state index contributed by atoms with van der Waals surface area (Å²) in [6.45, 7) is 4.50. The smallest absolute Gasteiger partial charge is 0.216 e. The van der Waals surface area contributed by atoms with E-state index in [1.165, 1.54) is 6.92 Å². The minimum absolute atomic E-state index is 0.0179. The Bertz CT molecular complexity index is 566. The number of aryl methyl sites for hydroxylation is 1. The van der Waals surface area contributed by atoms with E-state index in [4.69, 9.17) is 4.74 Å². The largest absolute Gasteiger partial charge is 0.485 e. The van der Waals surface area contributed by atoms with Crippen molar-refractivity contribution in [3.8, 4) is 5.75 Å². The van der Waals surface area contributed by atoms with Crippen LogP contribution in [0.15, 0.2) is 23.7 Å². The third kappa shape index (κ3) is 4.62. The van der Waals surface area contributed by atoms with E-state index in [0.717, 1.165) is 28.6 Å². The SMILES string of the molecule is CC(=O)NCCc1csc(COc2ccc(C)nc2)n1. The first-order valence-electron chi connectivity index (χ1n) is 6.36. The van der Waals surface area contributed by atoms with Crippen LogP contribution in [-0.2, 0) is 17.8 Å². The zero-order valence-corrected chi connectivity index (χ0v) is 12.4. The van der Waals surface area contributed by atoms with Gasteiger partial charge in [0.05, 0.1) is 11.9 Å². The van der Waals surface area contributed by atoms with Gasteiger partial charge in [0.1, 0.15) is 17.4 Å². The minimum Gasteiger partial charge on any atom is -0.485 e. The molecule has 20 heavy (non-hydrogen) atoms. The number of rotatable bonds is 6. The molecule has 0 aliphatic carbocycles. The number of aromatic nitrogens is 2. The van der Waals surface area contributed by atoms with Crippen LogP contribution in [0.3, 0.4) is 0 Å². The van der Waals surface area contributed by atoms with E-state index in [1.807, 2.05) is 24.4 Å². The van der Waals surface area contributed by atoms with Crippen molar-refractivity contribution in [1.82, 2.24) is 15.3 Å². The molecule has 2 aromatic heterocycles. The fourth-order valence-electron chi connectivity index (χ4n) is 1.58. The number of hydrogen-bond acceptors (Lipinski definition) is 5. The molecule has 0 saturated carbocycles. The standard InChI is InChI=1S/C14H17N3O2S/c1-10-3-4-13(7-16-10)19-8-14-17-12(9-20-14)5-6-15-11(2)18/h3-4,7,9H,5-6,8H2,1-2H3,(H,15,18). The minimum atomic E-state index is -0.0179. The number of pyridine rings is 1. The number of carbonyl (C=O) groups is 1. The van der Waals surface area contributed by atoms with Gasteiger partial charge in [-0.2, -0.15) is 0 Å². The van der Waals surface area contributed by atoms with Gasteiger partial charge in [0.25, 0.3) is 0 Å². The maximum atomic E-state index is 10.8. The van der Waals surface area contributed by atoms with Crippen molar-refractivity contribution in [2.24, 2.45) is 0 Å². The lowest BCUT2D eigenvalue weighted by Gasteiger charge is -2.03. The summed E-state index contributed by atoms with van der Waals surface area (Å²) in [5.41, 5.74) is 1.94. The fraction of sp³-hybridized carbons (Fsp3) is 0.357. The molecular weight excluding hydrogens is 274 g/mol. The van der Waals surface area contributed by atoms with E-state index < -0.39 is 0 Å². The maximum Gasteiger partial charge on any atom is 0.216 e. The second-order valence-corrected chi connectivity index (χ2v) is 5.33. The molecule has 1 N–H and O–H groups in total. The predicted molar refractivity (Wildman–Crippen MR) is 77.8 cm³/mol. The normalized spacial score (nSPS) is 10.3. The number of carbonyl (C=O) groups excluding carboxylic acids is 1.